The van der Waals surface area contributed by atoms with Crippen molar-refractivity contribution in [1.29, 1.82) is 0 Å². The highest BCUT2D eigenvalue weighted by Gasteiger charge is 2.35. The van der Waals surface area contributed by atoms with E-state index in [-0.39, 0.29) is 12.3 Å². The van der Waals surface area contributed by atoms with Crippen molar-refractivity contribution in [3.05, 3.63) is 29.8 Å². The van der Waals surface area contributed by atoms with Crippen LogP contribution in [0.4, 0.5) is 0 Å². The number of carboxylic acid groups (broad SMARTS) is 1. The number of hydrogen-bond donors (Lipinski definition) is 1. The number of carbonyl (C=O) groups is 1. The third-order valence-electron chi connectivity index (χ3n) is 4.08. The third-order valence-corrected chi connectivity index (χ3v) is 4.08. The number of rotatable bonds is 7. The highest BCUT2D eigenvalue weighted by atomic mass is 16.5. The fourth-order valence-corrected chi connectivity index (χ4v) is 2.63. The second-order valence-electron chi connectivity index (χ2n) is 5.83. The second-order valence-corrected chi connectivity index (χ2v) is 5.83. The second kappa shape index (κ2) is 5.24. The molecule has 1 unspecified atom stereocenters. The van der Waals surface area contributed by atoms with Crippen LogP contribution in [0.2, 0.25) is 0 Å². The van der Waals surface area contributed by atoms with Crippen LogP contribution in [0.1, 0.15) is 43.6 Å². The SMILES string of the molecule is O=C(O)CC(c1ccccc1OCC1CC1)C1CC1. The summed E-state index contributed by atoms with van der Waals surface area (Å²) < 4.78 is 5.91. The Labute approximate surface area is 113 Å². The van der Waals surface area contributed by atoms with E-state index >= 15 is 0 Å². The molecule has 1 atom stereocenters. The van der Waals surface area contributed by atoms with Gasteiger partial charge in [-0.1, -0.05) is 18.2 Å². The summed E-state index contributed by atoms with van der Waals surface area (Å²) in [4.78, 5) is 11.1. The van der Waals surface area contributed by atoms with Crippen LogP contribution in [-0.4, -0.2) is 17.7 Å². The molecule has 3 heteroatoms. The lowest BCUT2D eigenvalue weighted by molar-refractivity contribution is -0.137. The molecule has 3 rings (SSSR count). The van der Waals surface area contributed by atoms with Crippen molar-refractivity contribution in [2.24, 2.45) is 11.8 Å². The van der Waals surface area contributed by atoms with E-state index in [4.69, 9.17) is 9.84 Å². The third kappa shape index (κ3) is 3.28. The van der Waals surface area contributed by atoms with E-state index in [1.807, 2.05) is 24.3 Å². The Hall–Kier alpha value is -1.51. The Morgan fingerprint density at radius 3 is 2.63 bits per heavy atom. The smallest absolute Gasteiger partial charge is 0.303 e. The maximum absolute atomic E-state index is 11.1. The molecule has 0 bridgehead atoms. The average molecular weight is 260 g/mol. The Balaban J connectivity index is 1.77. The number of para-hydroxylation sites is 1. The van der Waals surface area contributed by atoms with E-state index in [1.165, 1.54) is 12.8 Å². The summed E-state index contributed by atoms with van der Waals surface area (Å²) in [6.07, 6.45) is 5.05. The van der Waals surface area contributed by atoms with Crippen LogP contribution in [0.5, 0.6) is 5.75 Å². The van der Waals surface area contributed by atoms with Crippen LogP contribution in [0.15, 0.2) is 24.3 Å². The van der Waals surface area contributed by atoms with E-state index < -0.39 is 5.97 Å². The summed E-state index contributed by atoms with van der Waals surface area (Å²) in [5.74, 6) is 1.54. The molecular formula is C16H20O3. The van der Waals surface area contributed by atoms with Gasteiger partial charge >= 0.3 is 5.97 Å². The Bertz CT molecular complexity index is 461. The molecule has 2 saturated carbocycles. The molecule has 0 aromatic heterocycles. The zero-order valence-electron chi connectivity index (χ0n) is 11.0. The predicted molar refractivity (Wildman–Crippen MR) is 72.4 cm³/mol. The molecule has 2 fully saturated rings. The summed E-state index contributed by atoms with van der Waals surface area (Å²) in [7, 11) is 0. The number of aliphatic carboxylic acids is 1. The van der Waals surface area contributed by atoms with Gasteiger partial charge in [-0.15, -0.1) is 0 Å². The lowest BCUT2D eigenvalue weighted by Gasteiger charge is -2.19. The quantitative estimate of drug-likeness (QED) is 0.816. The van der Waals surface area contributed by atoms with Gasteiger partial charge in [-0.3, -0.25) is 4.79 Å². The topological polar surface area (TPSA) is 46.5 Å². The summed E-state index contributed by atoms with van der Waals surface area (Å²) in [5.41, 5.74) is 1.09. The zero-order valence-corrected chi connectivity index (χ0v) is 11.0. The van der Waals surface area contributed by atoms with E-state index in [9.17, 15) is 4.79 Å². The van der Waals surface area contributed by atoms with Crippen LogP contribution in [0, 0.1) is 11.8 Å². The first-order valence-electron chi connectivity index (χ1n) is 7.17. The lowest BCUT2D eigenvalue weighted by Crippen LogP contribution is -2.11. The molecule has 2 aliphatic rings. The molecule has 102 valence electrons. The van der Waals surface area contributed by atoms with Crippen molar-refractivity contribution < 1.29 is 14.6 Å². The lowest BCUT2D eigenvalue weighted by atomic mass is 9.90. The van der Waals surface area contributed by atoms with Crippen molar-refractivity contribution in [1.82, 2.24) is 0 Å². The first kappa shape index (κ1) is 12.5. The van der Waals surface area contributed by atoms with Gasteiger partial charge in [0, 0.05) is 5.92 Å². The van der Waals surface area contributed by atoms with Gasteiger partial charge in [0.1, 0.15) is 5.75 Å². The van der Waals surface area contributed by atoms with Gasteiger partial charge in [-0.05, 0) is 49.1 Å². The number of carboxylic acids is 1. The molecule has 0 spiro atoms. The maximum atomic E-state index is 11.1. The summed E-state index contributed by atoms with van der Waals surface area (Å²) in [5, 5.41) is 9.10. The van der Waals surface area contributed by atoms with Crippen molar-refractivity contribution in [3.63, 3.8) is 0 Å². The van der Waals surface area contributed by atoms with Crippen LogP contribution in [0.25, 0.3) is 0 Å². The first-order chi connectivity index (χ1) is 9.24. The van der Waals surface area contributed by atoms with E-state index in [0.717, 1.165) is 30.8 Å². The molecule has 0 saturated heterocycles. The van der Waals surface area contributed by atoms with E-state index in [1.54, 1.807) is 0 Å². The van der Waals surface area contributed by atoms with Crippen molar-refractivity contribution in [2.45, 2.75) is 38.0 Å². The van der Waals surface area contributed by atoms with Gasteiger partial charge in [0.05, 0.1) is 13.0 Å². The number of benzene rings is 1. The van der Waals surface area contributed by atoms with Gasteiger partial charge in [0.2, 0.25) is 0 Å². The standard InChI is InChI=1S/C16H20O3/c17-16(18)9-14(12-7-8-12)13-3-1-2-4-15(13)19-10-11-5-6-11/h1-4,11-12,14H,5-10H2,(H,17,18). The van der Waals surface area contributed by atoms with Crippen LogP contribution in [0.3, 0.4) is 0 Å². The minimum atomic E-state index is -0.714. The highest BCUT2D eigenvalue weighted by molar-refractivity contribution is 5.68. The normalized spacial score (nSPS) is 20.0. The summed E-state index contributed by atoms with van der Waals surface area (Å²) >= 11 is 0. The van der Waals surface area contributed by atoms with Gasteiger partial charge in [0.15, 0.2) is 0 Å². The Morgan fingerprint density at radius 2 is 2.00 bits per heavy atom. The molecule has 0 aliphatic heterocycles. The fraction of sp³-hybridized carbons (Fsp3) is 0.562. The molecule has 1 N–H and O–H groups in total. The first-order valence-corrected chi connectivity index (χ1v) is 7.17. The van der Waals surface area contributed by atoms with Crippen LogP contribution >= 0.6 is 0 Å². The molecule has 2 aliphatic carbocycles. The monoisotopic (exact) mass is 260 g/mol. The molecule has 3 nitrogen and oxygen atoms in total. The van der Waals surface area contributed by atoms with E-state index in [0.29, 0.717) is 11.8 Å². The van der Waals surface area contributed by atoms with Crippen molar-refractivity contribution in [2.75, 3.05) is 6.61 Å². The summed E-state index contributed by atoms with van der Waals surface area (Å²) in [6, 6.07) is 7.97. The summed E-state index contributed by atoms with van der Waals surface area (Å²) in [6.45, 7) is 0.779. The fourth-order valence-electron chi connectivity index (χ4n) is 2.63. The Kier molecular flexibility index (Phi) is 3.45. The molecular weight excluding hydrogens is 240 g/mol. The van der Waals surface area contributed by atoms with Crippen molar-refractivity contribution >= 4 is 5.97 Å². The molecule has 0 heterocycles. The van der Waals surface area contributed by atoms with Gasteiger partial charge in [-0.25, -0.2) is 0 Å². The average Bonchev–Trinajstić information content (AvgIpc) is 3.28. The molecule has 0 radical (unpaired) electrons. The predicted octanol–water partition coefficient (Wildman–Crippen LogP) is 3.44. The van der Waals surface area contributed by atoms with E-state index in [2.05, 4.69) is 0 Å². The molecule has 19 heavy (non-hydrogen) atoms. The zero-order chi connectivity index (χ0) is 13.2. The van der Waals surface area contributed by atoms with Gasteiger partial charge in [-0.2, -0.15) is 0 Å². The minimum absolute atomic E-state index is 0.118. The minimum Gasteiger partial charge on any atom is -0.493 e. The van der Waals surface area contributed by atoms with Gasteiger partial charge in [0.25, 0.3) is 0 Å². The largest absolute Gasteiger partial charge is 0.493 e. The molecule has 1 aromatic carbocycles. The van der Waals surface area contributed by atoms with Crippen molar-refractivity contribution in [3.8, 4) is 5.75 Å². The maximum Gasteiger partial charge on any atom is 0.303 e. The number of hydrogen-bond acceptors (Lipinski definition) is 2. The van der Waals surface area contributed by atoms with Crippen LogP contribution in [-0.2, 0) is 4.79 Å². The number of ether oxygens (including phenoxy) is 1. The van der Waals surface area contributed by atoms with Gasteiger partial charge < -0.3 is 9.84 Å². The molecule has 1 aromatic rings. The highest BCUT2D eigenvalue weighted by Crippen LogP contribution is 2.47. The Morgan fingerprint density at radius 1 is 1.26 bits per heavy atom. The molecule has 0 amide bonds. The van der Waals surface area contributed by atoms with Crippen LogP contribution < -0.4 is 4.74 Å².